The van der Waals surface area contributed by atoms with Crippen molar-refractivity contribution >= 4 is 8.56 Å². The van der Waals surface area contributed by atoms with Gasteiger partial charge in [0.05, 0.1) is 0 Å². The maximum Gasteiger partial charge on any atom is 0.343 e. The third-order valence-electron chi connectivity index (χ3n) is 5.75. The summed E-state index contributed by atoms with van der Waals surface area (Å²) < 4.78 is 14.0. The molecular formula is C22H40O2Si. The highest BCUT2D eigenvalue weighted by Gasteiger charge is 2.48. The van der Waals surface area contributed by atoms with Crippen molar-refractivity contribution in [1.29, 1.82) is 0 Å². The van der Waals surface area contributed by atoms with Gasteiger partial charge in [-0.25, -0.2) is 0 Å². The molecule has 2 unspecified atom stereocenters. The molecule has 0 aromatic heterocycles. The normalized spacial score (nSPS) is 28.9. The Kier molecular flexibility index (Phi) is 8.95. The van der Waals surface area contributed by atoms with Crippen LogP contribution in [-0.4, -0.2) is 20.8 Å². The van der Waals surface area contributed by atoms with Crippen LogP contribution in [0.2, 0.25) is 11.1 Å². The van der Waals surface area contributed by atoms with Gasteiger partial charge in [0, 0.05) is 12.2 Å². The van der Waals surface area contributed by atoms with E-state index in [9.17, 15) is 0 Å². The summed E-state index contributed by atoms with van der Waals surface area (Å²) in [7, 11) is -2.25. The molecule has 0 saturated carbocycles. The van der Waals surface area contributed by atoms with E-state index in [4.69, 9.17) is 8.85 Å². The Balaban J connectivity index is 2.11. The van der Waals surface area contributed by atoms with E-state index in [1.165, 1.54) is 38.5 Å². The first kappa shape index (κ1) is 20.9. The first-order valence-electron chi connectivity index (χ1n) is 10.7. The van der Waals surface area contributed by atoms with E-state index < -0.39 is 8.56 Å². The molecule has 0 bridgehead atoms. The lowest BCUT2D eigenvalue weighted by molar-refractivity contribution is 0.0509. The van der Waals surface area contributed by atoms with Crippen LogP contribution in [0.1, 0.15) is 91.9 Å². The van der Waals surface area contributed by atoms with Crippen LogP contribution in [0.3, 0.4) is 0 Å². The average molecular weight is 365 g/mol. The molecule has 0 aromatic rings. The molecule has 0 amide bonds. The molecule has 2 aliphatic carbocycles. The lowest BCUT2D eigenvalue weighted by atomic mass is 10.0. The summed E-state index contributed by atoms with van der Waals surface area (Å²) in [5.74, 6) is 0. The highest BCUT2D eigenvalue weighted by atomic mass is 28.4. The Hall–Kier alpha value is -0.383. The van der Waals surface area contributed by atoms with Gasteiger partial charge in [0.25, 0.3) is 0 Å². The van der Waals surface area contributed by atoms with E-state index >= 15 is 0 Å². The summed E-state index contributed by atoms with van der Waals surface area (Å²) in [6.45, 7) is 9.32. The number of hydrogen-bond acceptors (Lipinski definition) is 2. The topological polar surface area (TPSA) is 18.5 Å². The lowest BCUT2D eigenvalue weighted by Crippen LogP contribution is -2.52. The van der Waals surface area contributed by atoms with Crippen LogP contribution in [0, 0.1) is 0 Å². The minimum Gasteiger partial charge on any atom is -0.391 e. The third-order valence-corrected chi connectivity index (χ3v) is 10.4. The van der Waals surface area contributed by atoms with Crippen molar-refractivity contribution < 1.29 is 8.85 Å². The fourth-order valence-corrected chi connectivity index (χ4v) is 8.24. The minimum atomic E-state index is -2.25. The van der Waals surface area contributed by atoms with E-state index in [1.54, 1.807) is 0 Å². The zero-order valence-electron chi connectivity index (χ0n) is 17.0. The van der Waals surface area contributed by atoms with Gasteiger partial charge in [0.2, 0.25) is 0 Å². The van der Waals surface area contributed by atoms with Gasteiger partial charge in [-0.2, -0.15) is 0 Å². The summed E-state index contributed by atoms with van der Waals surface area (Å²) >= 11 is 0. The smallest absolute Gasteiger partial charge is 0.343 e. The maximum atomic E-state index is 6.98. The van der Waals surface area contributed by atoms with Gasteiger partial charge in [0.15, 0.2) is 0 Å². The van der Waals surface area contributed by atoms with Gasteiger partial charge in [-0.05, 0) is 75.3 Å². The summed E-state index contributed by atoms with van der Waals surface area (Å²) in [4.78, 5) is 0. The molecule has 0 saturated heterocycles. The second-order valence-electron chi connectivity index (χ2n) is 8.47. The van der Waals surface area contributed by atoms with E-state index in [0.29, 0.717) is 23.3 Å². The number of rotatable bonds is 6. The molecule has 0 N–H and O–H groups in total. The van der Waals surface area contributed by atoms with Crippen LogP contribution in [-0.2, 0) is 8.85 Å². The van der Waals surface area contributed by atoms with Gasteiger partial charge in [-0.3, -0.25) is 0 Å². The molecule has 2 rings (SSSR count). The monoisotopic (exact) mass is 364 g/mol. The molecular weight excluding hydrogens is 324 g/mol. The van der Waals surface area contributed by atoms with Gasteiger partial charge in [-0.1, -0.05) is 52.0 Å². The SMILES string of the molecule is CC(C)[Si](OC1CC/C=C\CCC1)(OC1CC/C=C\CCC1)C(C)C. The fraction of sp³-hybridized carbons (Fsp3) is 0.818. The van der Waals surface area contributed by atoms with Crippen LogP contribution in [0.4, 0.5) is 0 Å². The summed E-state index contributed by atoms with van der Waals surface area (Å²) in [6.07, 6.45) is 22.0. The molecule has 2 atom stereocenters. The molecule has 0 aliphatic heterocycles. The maximum absolute atomic E-state index is 6.98. The molecule has 3 heteroatoms. The van der Waals surface area contributed by atoms with Gasteiger partial charge in [-0.15, -0.1) is 0 Å². The van der Waals surface area contributed by atoms with Crippen molar-refractivity contribution in [2.75, 3.05) is 0 Å². The summed E-state index contributed by atoms with van der Waals surface area (Å²) in [6, 6.07) is 0. The first-order valence-corrected chi connectivity index (χ1v) is 12.7. The molecule has 25 heavy (non-hydrogen) atoms. The first-order chi connectivity index (χ1) is 12.0. The number of allylic oxidation sites excluding steroid dienone is 4. The van der Waals surface area contributed by atoms with E-state index in [-0.39, 0.29) is 0 Å². The van der Waals surface area contributed by atoms with E-state index in [1.807, 2.05) is 0 Å². The molecule has 144 valence electrons. The van der Waals surface area contributed by atoms with Crippen LogP contribution in [0.15, 0.2) is 24.3 Å². The number of hydrogen-bond donors (Lipinski definition) is 0. The quantitative estimate of drug-likeness (QED) is 0.371. The second kappa shape index (κ2) is 10.7. The Bertz CT molecular complexity index is 388. The van der Waals surface area contributed by atoms with Gasteiger partial charge in [0.1, 0.15) is 0 Å². The predicted molar refractivity (Wildman–Crippen MR) is 110 cm³/mol. The van der Waals surface area contributed by atoms with E-state index in [0.717, 1.165) is 25.7 Å². The predicted octanol–water partition coefficient (Wildman–Crippen LogP) is 7.06. The largest absolute Gasteiger partial charge is 0.391 e. The highest BCUT2D eigenvalue weighted by Crippen LogP contribution is 2.39. The minimum absolute atomic E-state index is 0.384. The molecule has 0 radical (unpaired) electrons. The summed E-state index contributed by atoms with van der Waals surface area (Å²) in [5.41, 5.74) is 0.990. The van der Waals surface area contributed by atoms with Crippen molar-refractivity contribution in [3.8, 4) is 0 Å². The highest BCUT2D eigenvalue weighted by molar-refractivity contribution is 6.70. The Morgan fingerprint density at radius 3 is 1.44 bits per heavy atom. The van der Waals surface area contributed by atoms with Crippen LogP contribution < -0.4 is 0 Å². The zero-order chi connectivity index (χ0) is 18.1. The molecule has 0 spiro atoms. The average Bonchev–Trinajstić information content (AvgIpc) is 2.50. The zero-order valence-corrected chi connectivity index (χ0v) is 18.0. The lowest BCUT2D eigenvalue weighted by Gasteiger charge is -2.43. The van der Waals surface area contributed by atoms with Crippen LogP contribution in [0.25, 0.3) is 0 Å². The van der Waals surface area contributed by atoms with Crippen molar-refractivity contribution in [2.45, 2.75) is 115 Å². The van der Waals surface area contributed by atoms with Gasteiger partial charge >= 0.3 is 8.56 Å². The van der Waals surface area contributed by atoms with Crippen LogP contribution >= 0.6 is 0 Å². The molecule has 0 fully saturated rings. The fourth-order valence-electron chi connectivity index (χ4n) is 4.25. The van der Waals surface area contributed by atoms with Crippen molar-refractivity contribution in [1.82, 2.24) is 0 Å². The second-order valence-corrected chi connectivity index (χ2v) is 12.7. The Morgan fingerprint density at radius 2 is 1.04 bits per heavy atom. The van der Waals surface area contributed by atoms with Crippen molar-refractivity contribution in [3.63, 3.8) is 0 Å². The standard InChI is InChI=1S/C22H40O2Si/c1-19(2)25(20(3)4,23-21-15-11-7-5-8-12-16-21)24-22-17-13-9-6-10-14-18-22/h5-7,9,19-22H,8,10-18H2,1-4H3/b7-5-,9-6-. The third kappa shape index (κ3) is 6.37. The summed E-state index contributed by atoms with van der Waals surface area (Å²) in [5, 5.41) is 0. The Morgan fingerprint density at radius 1 is 0.640 bits per heavy atom. The molecule has 2 nitrogen and oxygen atoms in total. The van der Waals surface area contributed by atoms with Crippen LogP contribution in [0.5, 0.6) is 0 Å². The Labute approximate surface area is 157 Å². The van der Waals surface area contributed by atoms with Crippen molar-refractivity contribution in [3.05, 3.63) is 24.3 Å². The molecule has 0 aromatic carbocycles. The molecule has 0 heterocycles. The van der Waals surface area contributed by atoms with Crippen molar-refractivity contribution in [2.24, 2.45) is 0 Å². The van der Waals surface area contributed by atoms with E-state index in [2.05, 4.69) is 52.0 Å². The van der Waals surface area contributed by atoms with Gasteiger partial charge < -0.3 is 8.85 Å². The molecule has 2 aliphatic rings.